The van der Waals surface area contributed by atoms with Crippen LogP contribution in [0.15, 0.2) is 65.7 Å². The lowest BCUT2D eigenvalue weighted by molar-refractivity contribution is -0.384. The number of non-ortho nitro benzene ring substituents is 1. The summed E-state index contributed by atoms with van der Waals surface area (Å²) < 4.78 is 1.09. The molecule has 0 aliphatic carbocycles. The van der Waals surface area contributed by atoms with Gasteiger partial charge in [-0.15, -0.1) is 0 Å². The molecule has 0 saturated heterocycles. The number of rotatable bonds is 5. The summed E-state index contributed by atoms with van der Waals surface area (Å²) in [5, 5.41) is 17.6. The van der Waals surface area contributed by atoms with Crippen LogP contribution in [0.4, 0.5) is 11.4 Å². The molecular formula is C18H15N5O4. The summed E-state index contributed by atoms with van der Waals surface area (Å²) in [6.45, 7) is 1.54. The van der Waals surface area contributed by atoms with Crippen molar-refractivity contribution in [2.45, 2.75) is 13.0 Å². The van der Waals surface area contributed by atoms with E-state index in [2.05, 4.69) is 15.4 Å². The summed E-state index contributed by atoms with van der Waals surface area (Å²) in [5.74, 6) is -0.471. The molecule has 2 heterocycles. The van der Waals surface area contributed by atoms with E-state index in [0.717, 1.165) is 4.68 Å². The van der Waals surface area contributed by atoms with Crippen molar-refractivity contribution in [3.8, 4) is 11.3 Å². The van der Waals surface area contributed by atoms with Gasteiger partial charge in [-0.05, 0) is 37.3 Å². The fraction of sp³-hybridized carbons (Fsp3) is 0.111. The van der Waals surface area contributed by atoms with Crippen molar-refractivity contribution in [1.82, 2.24) is 14.8 Å². The van der Waals surface area contributed by atoms with E-state index in [9.17, 15) is 19.7 Å². The first-order valence-corrected chi connectivity index (χ1v) is 8.01. The Morgan fingerprint density at radius 3 is 2.56 bits per heavy atom. The predicted molar refractivity (Wildman–Crippen MR) is 98.2 cm³/mol. The topological polar surface area (TPSA) is 120 Å². The smallest absolute Gasteiger partial charge is 0.269 e. The van der Waals surface area contributed by atoms with E-state index in [1.807, 2.05) is 0 Å². The second kappa shape index (κ2) is 7.56. The fourth-order valence-electron chi connectivity index (χ4n) is 2.40. The standard InChI is InChI=1S/C18H15N5O4/c1-12(18(25)20-14-4-6-15(7-5-14)23(26)27)22-17(24)9-8-16(21-22)13-3-2-10-19-11-13/h2-12H,1H3,(H,20,25). The van der Waals surface area contributed by atoms with Crippen LogP contribution in [-0.2, 0) is 4.79 Å². The van der Waals surface area contributed by atoms with Crippen LogP contribution >= 0.6 is 0 Å². The summed E-state index contributed by atoms with van der Waals surface area (Å²) in [7, 11) is 0. The van der Waals surface area contributed by atoms with Gasteiger partial charge in [0.1, 0.15) is 6.04 Å². The molecule has 27 heavy (non-hydrogen) atoms. The fourth-order valence-corrected chi connectivity index (χ4v) is 2.40. The Balaban J connectivity index is 1.82. The molecule has 0 aliphatic rings. The number of hydrogen-bond donors (Lipinski definition) is 1. The molecule has 1 amide bonds. The lowest BCUT2D eigenvalue weighted by Crippen LogP contribution is -2.33. The molecule has 0 radical (unpaired) electrons. The van der Waals surface area contributed by atoms with E-state index < -0.39 is 22.4 Å². The van der Waals surface area contributed by atoms with Gasteiger partial charge in [0.2, 0.25) is 5.91 Å². The summed E-state index contributed by atoms with van der Waals surface area (Å²) in [4.78, 5) is 38.8. The number of hydrogen-bond acceptors (Lipinski definition) is 6. The van der Waals surface area contributed by atoms with Crippen molar-refractivity contribution in [3.05, 3.63) is 81.4 Å². The Morgan fingerprint density at radius 1 is 1.19 bits per heavy atom. The molecule has 136 valence electrons. The van der Waals surface area contributed by atoms with Crippen molar-refractivity contribution in [2.24, 2.45) is 0 Å². The Kier molecular flexibility index (Phi) is 5.02. The molecular weight excluding hydrogens is 350 g/mol. The average Bonchev–Trinajstić information content (AvgIpc) is 2.69. The highest BCUT2D eigenvalue weighted by atomic mass is 16.6. The van der Waals surface area contributed by atoms with E-state index in [0.29, 0.717) is 16.9 Å². The maximum absolute atomic E-state index is 12.5. The third kappa shape index (κ3) is 4.03. The summed E-state index contributed by atoms with van der Waals surface area (Å²) in [6, 6.07) is 11.0. The monoisotopic (exact) mass is 365 g/mol. The number of anilines is 1. The van der Waals surface area contributed by atoms with Crippen molar-refractivity contribution in [2.75, 3.05) is 5.32 Å². The minimum Gasteiger partial charge on any atom is -0.324 e. The highest BCUT2D eigenvalue weighted by Crippen LogP contribution is 2.17. The van der Waals surface area contributed by atoms with Gasteiger partial charge in [0.25, 0.3) is 11.2 Å². The molecule has 2 aromatic heterocycles. The second-order valence-electron chi connectivity index (χ2n) is 5.71. The number of nitro groups is 1. The van der Waals surface area contributed by atoms with Gasteiger partial charge in [-0.25, -0.2) is 4.68 Å². The van der Waals surface area contributed by atoms with Crippen LogP contribution < -0.4 is 10.9 Å². The number of aromatic nitrogens is 3. The van der Waals surface area contributed by atoms with Gasteiger partial charge in [0, 0.05) is 41.8 Å². The van der Waals surface area contributed by atoms with E-state index in [4.69, 9.17) is 0 Å². The van der Waals surface area contributed by atoms with Crippen LogP contribution in [0.2, 0.25) is 0 Å². The van der Waals surface area contributed by atoms with Crippen LogP contribution in [0, 0.1) is 10.1 Å². The lowest BCUT2D eigenvalue weighted by atomic mass is 10.2. The number of nitrogens with one attached hydrogen (secondary N) is 1. The highest BCUT2D eigenvalue weighted by Gasteiger charge is 2.18. The first kappa shape index (κ1) is 17.9. The second-order valence-corrected chi connectivity index (χ2v) is 5.71. The van der Waals surface area contributed by atoms with Gasteiger partial charge >= 0.3 is 0 Å². The number of nitro benzene ring substituents is 1. The SMILES string of the molecule is CC(C(=O)Nc1ccc([N+](=O)[O-])cc1)n1nc(-c2cccnc2)ccc1=O. The van der Waals surface area contributed by atoms with Crippen LogP contribution in [0.5, 0.6) is 0 Å². The molecule has 0 aliphatic heterocycles. The van der Waals surface area contributed by atoms with Crippen LogP contribution in [0.1, 0.15) is 13.0 Å². The van der Waals surface area contributed by atoms with E-state index in [1.54, 1.807) is 37.5 Å². The van der Waals surface area contributed by atoms with E-state index in [-0.39, 0.29) is 5.69 Å². The normalized spacial score (nSPS) is 11.6. The molecule has 1 atom stereocenters. The zero-order valence-corrected chi connectivity index (χ0v) is 14.3. The summed E-state index contributed by atoms with van der Waals surface area (Å²) in [5.41, 5.74) is 1.11. The van der Waals surface area contributed by atoms with Crippen LogP contribution in [0.3, 0.4) is 0 Å². The number of carbonyl (C=O) groups is 1. The maximum atomic E-state index is 12.5. The number of amides is 1. The van der Waals surface area contributed by atoms with E-state index in [1.165, 1.54) is 30.3 Å². The first-order valence-electron chi connectivity index (χ1n) is 8.01. The van der Waals surface area contributed by atoms with Crippen molar-refractivity contribution in [1.29, 1.82) is 0 Å². The van der Waals surface area contributed by atoms with Gasteiger partial charge in [0.05, 0.1) is 10.6 Å². The Morgan fingerprint density at radius 2 is 1.93 bits per heavy atom. The molecule has 9 heteroatoms. The molecule has 3 rings (SSSR count). The average molecular weight is 365 g/mol. The zero-order valence-electron chi connectivity index (χ0n) is 14.3. The predicted octanol–water partition coefficient (Wildman–Crippen LogP) is 2.41. The van der Waals surface area contributed by atoms with Gasteiger partial charge < -0.3 is 5.32 Å². The summed E-state index contributed by atoms with van der Waals surface area (Å²) >= 11 is 0. The maximum Gasteiger partial charge on any atom is 0.269 e. The third-order valence-electron chi connectivity index (χ3n) is 3.87. The minimum absolute atomic E-state index is 0.0805. The molecule has 1 aromatic carbocycles. The van der Waals surface area contributed by atoms with Gasteiger partial charge in [0.15, 0.2) is 0 Å². The molecule has 1 unspecified atom stereocenters. The highest BCUT2D eigenvalue weighted by molar-refractivity contribution is 5.93. The molecule has 3 aromatic rings. The quantitative estimate of drug-likeness (QED) is 0.547. The van der Waals surface area contributed by atoms with Gasteiger partial charge in [-0.2, -0.15) is 5.10 Å². The third-order valence-corrected chi connectivity index (χ3v) is 3.87. The van der Waals surface area contributed by atoms with Crippen molar-refractivity contribution >= 4 is 17.3 Å². The molecule has 0 spiro atoms. The zero-order chi connectivity index (χ0) is 19.4. The number of benzene rings is 1. The molecule has 0 fully saturated rings. The van der Waals surface area contributed by atoms with Crippen molar-refractivity contribution < 1.29 is 9.72 Å². The Bertz CT molecular complexity index is 1030. The summed E-state index contributed by atoms with van der Waals surface area (Å²) in [6.07, 6.45) is 3.23. The number of carbonyl (C=O) groups excluding carboxylic acids is 1. The number of pyridine rings is 1. The molecule has 9 nitrogen and oxygen atoms in total. The largest absolute Gasteiger partial charge is 0.324 e. The van der Waals surface area contributed by atoms with Crippen LogP contribution in [-0.4, -0.2) is 25.6 Å². The van der Waals surface area contributed by atoms with Gasteiger partial charge in [-0.1, -0.05) is 0 Å². The minimum atomic E-state index is -0.885. The first-order chi connectivity index (χ1) is 13.0. The molecule has 1 N–H and O–H groups in total. The molecule has 0 saturated carbocycles. The van der Waals surface area contributed by atoms with E-state index >= 15 is 0 Å². The number of nitrogens with zero attached hydrogens (tertiary/aromatic N) is 4. The Labute approximate surface area is 153 Å². The lowest BCUT2D eigenvalue weighted by Gasteiger charge is -2.15. The van der Waals surface area contributed by atoms with Crippen molar-refractivity contribution in [3.63, 3.8) is 0 Å². The Hall–Kier alpha value is -3.88. The van der Waals surface area contributed by atoms with Gasteiger partial charge in [-0.3, -0.25) is 24.7 Å². The molecule has 0 bridgehead atoms. The van der Waals surface area contributed by atoms with Crippen LogP contribution in [0.25, 0.3) is 11.3 Å².